The molecule has 140 valence electrons. The average Bonchev–Trinajstić information content (AvgIpc) is 2.74. The maximum absolute atomic E-state index is 6.94. The van der Waals surface area contributed by atoms with Crippen molar-refractivity contribution in [2.24, 2.45) is 23.2 Å². The largest absolute Gasteiger partial charge is 0.414 e. The van der Waals surface area contributed by atoms with E-state index in [0.717, 1.165) is 15.2 Å². The predicted molar refractivity (Wildman–Crippen MR) is 115 cm³/mol. The van der Waals surface area contributed by atoms with E-state index in [1.165, 1.54) is 32.1 Å². The van der Waals surface area contributed by atoms with Gasteiger partial charge in [0.05, 0.1) is 3.39 Å². The van der Waals surface area contributed by atoms with Crippen LogP contribution < -0.4 is 0 Å². The molecule has 0 heterocycles. The zero-order chi connectivity index (χ0) is 18.3. The number of halogens is 2. The average molecular weight is 480 g/mol. The lowest BCUT2D eigenvalue weighted by molar-refractivity contribution is -0.0162. The van der Waals surface area contributed by atoms with Crippen molar-refractivity contribution in [2.45, 2.75) is 91.0 Å². The third kappa shape index (κ3) is 4.23. The van der Waals surface area contributed by atoms with Gasteiger partial charge < -0.3 is 4.43 Å². The Hall–Kier alpha value is 0.877. The van der Waals surface area contributed by atoms with Gasteiger partial charge in [-0.15, -0.1) is 0 Å². The first kappa shape index (κ1) is 21.2. The third-order valence-corrected chi connectivity index (χ3v) is 12.4. The lowest BCUT2D eigenvalue weighted by Gasteiger charge is -2.49. The second-order valence-corrected chi connectivity index (χ2v) is 17.4. The van der Waals surface area contributed by atoms with Crippen LogP contribution >= 0.6 is 31.9 Å². The van der Waals surface area contributed by atoms with Crippen LogP contribution in [0.1, 0.15) is 66.7 Å². The summed E-state index contributed by atoms with van der Waals surface area (Å²) in [6, 6.07) is 0. The van der Waals surface area contributed by atoms with Crippen LogP contribution in [0.25, 0.3) is 0 Å². The van der Waals surface area contributed by atoms with E-state index >= 15 is 0 Å². The van der Waals surface area contributed by atoms with Gasteiger partial charge in [-0.05, 0) is 98.8 Å². The van der Waals surface area contributed by atoms with Crippen molar-refractivity contribution >= 4 is 40.2 Å². The van der Waals surface area contributed by atoms with E-state index in [4.69, 9.17) is 4.43 Å². The third-order valence-electron chi connectivity index (χ3n) is 7.41. The summed E-state index contributed by atoms with van der Waals surface area (Å²) in [5.74, 6) is 2.13. The molecule has 3 unspecified atom stereocenters. The van der Waals surface area contributed by atoms with Gasteiger partial charge in [-0.2, -0.15) is 0 Å². The summed E-state index contributed by atoms with van der Waals surface area (Å²) in [7, 11) is -1.69. The van der Waals surface area contributed by atoms with E-state index in [-0.39, 0.29) is 0 Å². The van der Waals surface area contributed by atoms with Gasteiger partial charge >= 0.3 is 0 Å². The summed E-state index contributed by atoms with van der Waals surface area (Å²) >= 11 is 7.12. The molecular weight excluding hydrogens is 444 g/mol. The minimum atomic E-state index is -1.69. The van der Waals surface area contributed by atoms with Crippen molar-refractivity contribution in [3.05, 3.63) is 9.47 Å². The van der Waals surface area contributed by atoms with Gasteiger partial charge in [0.15, 0.2) is 8.32 Å². The Morgan fingerprint density at radius 3 is 2.38 bits per heavy atom. The molecule has 5 atom stereocenters. The molecular formula is C20H36Br2OSi. The van der Waals surface area contributed by atoms with Gasteiger partial charge in [0.1, 0.15) is 0 Å². The summed E-state index contributed by atoms with van der Waals surface area (Å²) in [4.78, 5) is 0. The molecule has 4 heteroatoms. The Labute approximate surface area is 167 Å². The Balaban J connectivity index is 2.19. The lowest BCUT2D eigenvalue weighted by Crippen LogP contribution is -2.50. The van der Waals surface area contributed by atoms with Gasteiger partial charge in [0.2, 0.25) is 0 Å². The fraction of sp³-hybridized carbons (Fsp3) is 0.900. The fourth-order valence-electron chi connectivity index (χ4n) is 5.03. The van der Waals surface area contributed by atoms with Crippen molar-refractivity contribution in [3.8, 4) is 0 Å². The smallest absolute Gasteiger partial charge is 0.192 e. The normalized spacial score (nSPS) is 35.5. The molecule has 0 aliphatic heterocycles. The fourth-order valence-corrected chi connectivity index (χ4v) is 7.26. The number of fused-ring (bicyclic) bond motifs is 1. The number of rotatable bonds is 4. The monoisotopic (exact) mass is 478 g/mol. The minimum Gasteiger partial charge on any atom is -0.414 e. The van der Waals surface area contributed by atoms with Crippen molar-refractivity contribution in [1.82, 2.24) is 0 Å². The second-order valence-electron chi connectivity index (χ2n) is 9.92. The molecule has 0 radical (unpaired) electrons. The highest BCUT2D eigenvalue weighted by molar-refractivity contribution is 9.28. The van der Waals surface area contributed by atoms with E-state index in [0.29, 0.717) is 22.5 Å². The number of hydrogen-bond donors (Lipinski definition) is 0. The van der Waals surface area contributed by atoms with Crippen LogP contribution in [0.5, 0.6) is 0 Å². The van der Waals surface area contributed by atoms with Gasteiger partial charge in [-0.25, -0.2) is 0 Å². The molecule has 2 rings (SSSR count). The van der Waals surface area contributed by atoms with E-state index in [2.05, 4.69) is 85.6 Å². The highest BCUT2D eigenvalue weighted by Gasteiger charge is 2.54. The summed E-state index contributed by atoms with van der Waals surface area (Å²) in [5.41, 5.74) is 0.441. The Morgan fingerprint density at radius 1 is 1.21 bits per heavy atom. The zero-order valence-corrected chi connectivity index (χ0v) is 20.8. The first-order valence-corrected chi connectivity index (χ1v) is 14.1. The van der Waals surface area contributed by atoms with Crippen molar-refractivity contribution in [1.29, 1.82) is 0 Å². The molecule has 0 aromatic rings. The van der Waals surface area contributed by atoms with Gasteiger partial charge in [-0.3, -0.25) is 0 Å². The molecule has 0 aromatic heterocycles. The van der Waals surface area contributed by atoms with E-state index in [1.54, 1.807) is 0 Å². The summed E-state index contributed by atoms with van der Waals surface area (Å²) < 4.78 is 8.03. The van der Waals surface area contributed by atoms with Crippen LogP contribution in [0, 0.1) is 23.2 Å². The molecule has 2 aliphatic rings. The molecule has 0 aromatic carbocycles. The summed E-state index contributed by atoms with van der Waals surface area (Å²) in [6.45, 7) is 16.9. The SMILES string of the molecule is C[C@@H](C=C(Br)Br)C1CCC2C(O[Si](C)(C)C(C)(C)C)CCC[C@@]21C. The van der Waals surface area contributed by atoms with Crippen molar-refractivity contribution < 1.29 is 4.43 Å². The summed E-state index contributed by atoms with van der Waals surface area (Å²) in [6.07, 6.45) is 9.50. The van der Waals surface area contributed by atoms with Gasteiger partial charge in [-0.1, -0.05) is 47.1 Å². The van der Waals surface area contributed by atoms with E-state index in [1.807, 2.05) is 0 Å². The van der Waals surface area contributed by atoms with Crippen LogP contribution in [0.15, 0.2) is 9.47 Å². The highest BCUT2D eigenvalue weighted by Crippen LogP contribution is 2.59. The Bertz CT molecular complexity index is 479. The molecule has 0 saturated heterocycles. The maximum atomic E-state index is 6.94. The number of hydrogen-bond acceptors (Lipinski definition) is 1. The maximum Gasteiger partial charge on any atom is 0.192 e. The van der Waals surface area contributed by atoms with Crippen LogP contribution in [-0.2, 0) is 4.43 Å². The molecule has 2 aliphatic carbocycles. The van der Waals surface area contributed by atoms with E-state index < -0.39 is 8.32 Å². The van der Waals surface area contributed by atoms with Crippen molar-refractivity contribution in [2.75, 3.05) is 0 Å². The van der Waals surface area contributed by atoms with Crippen LogP contribution in [0.2, 0.25) is 18.1 Å². The zero-order valence-electron chi connectivity index (χ0n) is 16.6. The second kappa shape index (κ2) is 7.48. The molecule has 2 fully saturated rings. The van der Waals surface area contributed by atoms with Crippen LogP contribution in [0.4, 0.5) is 0 Å². The van der Waals surface area contributed by atoms with Gasteiger partial charge in [0.25, 0.3) is 0 Å². The molecule has 0 N–H and O–H groups in total. The predicted octanol–water partition coefficient (Wildman–Crippen LogP) is 7.86. The first-order chi connectivity index (χ1) is 10.9. The quantitative estimate of drug-likeness (QED) is 0.372. The number of allylic oxidation sites excluding steroid dienone is 1. The molecule has 0 amide bonds. The molecule has 0 spiro atoms. The minimum absolute atomic E-state index is 0.301. The molecule has 1 nitrogen and oxygen atoms in total. The van der Waals surface area contributed by atoms with Crippen LogP contribution in [-0.4, -0.2) is 14.4 Å². The standard InChI is InChI=1S/C20H36Br2OSi/c1-14(13-18(21)22)15-10-11-16-17(9-8-12-20(15,16)5)23-24(6,7)19(2,3)4/h13-17H,8-12H2,1-7H3/t14-,15?,16?,17?,20+/m0/s1. The Kier molecular flexibility index (Phi) is 6.60. The molecule has 0 bridgehead atoms. The molecule has 24 heavy (non-hydrogen) atoms. The first-order valence-electron chi connectivity index (χ1n) is 9.59. The van der Waals surface area contributed by atoms with Crippen molar-refractivity contribution in [3.63, 3.8) is 0 Å². The van der Waals surface area contributed by atoms with Crippen LogP contribution in [0.3, 0.4) is 0 Å². The van der Waals surface area contributed by atoms with Gasteiger partial charge in [0, 0.05) is 6.10 Å². The summed E-state index contributed by atoms with van der Waals surface area (Å²) in [5, 5.41) is 0.301. The topological polar surface area (TPSA) is 9.23 Å². The molecule has 2 saturated carbocycles. The highest BCUT2D eigenvalue weighted by atomic mass is 79.9. The van der Waals surface area contributed by atoms with E-state index in [9.17, 15) is 0 Å². The Morgan fingerprint density at radius 2 is 1.83 bits per heavy atom. The lowest BCUT2D eigenvalue weighted by atomic mass is 9.62.